The van der Waals surface area contributed by atoms with E-state index >= 15 is 0 Å². The largest absolute Gasteiger partial charge is 0.461 e. The van der Waals surface area contributed by atoms with Gasteiger partial charge in [0.05, 0.1) is 6.04 Å². The van der Waals surface area contributed by atoms with Gasteiger partial charge in [0.25, 0.3) is 0 Å². The number of likely N-dealkylation sites (N-methyl/N-ethyl adjacent to an activating group) is 1. The number of rotatable bonds is 7. The van der Waals surface area contributed by atoms with Crippen molar-refractivity contribution in [3.8, 4) is 0 Å². The highest BCUT2D eigenvalue weighted by Gasteiger charge is 2.28. The van der Waals surface area contributed by atoms with Crippen molar-refractivity contribution in [1.29, 1.82) is 0 Å². The second-order valence-corrected chi connectivity index (χ2v) is 6.14. The Balaban J connectivity index is 2.39. The van der Waals surface area contributed by atoms with Crippen LogP contribution in [0.25, 0.3) is 0 Å². The molecule has 116 valence electrons. The first-order valence-corrected chi connectivity index (χ1v) is 7.25. The molecule has 4 heteroatoms. The monoisotopic (exact) mass is 291 g/mol. The lowest BCUT2D eigenvalue weighted by molar-refractivity contribution is -0.145. The fourth-order valence-electron chi connectivity index (χ4n) is 2.00. The zero-order valence-corrected chi connectivity index (χ0v) is 13.3. The molecule has 0 amide bonds. The van der Waals surface area contributed by atoms with Crippen LogP contribution in [0.4, 0.5) is 0 Å². The molecule has 1 aromatic rings. The van der Waals surface area contributed by atoms with Gasteiger partial charge in [0, 0.05) is 11.8 Å². The highest BCUT2D eigenvalue weighted by molar-refractivity contribution is 5.89. The first-order chi connectivity index (χ1) is 9.84. The van der Waals surface area contributed by atoms with Gasteiger partial charge in [-0.1, -0.05) is 51.1 Å². The number of Topliss-reactive ketones (excluding diaryl/α,β-unsaturated/α-hetero) is 1. The van der Waals surface area contributed by atoms with E-state index in [-0.39, 0.29) is 30.8 Å². The fraction of sp³-hybridized carbons (Fsp3) is 0.529. The Hall–Kier alpha value is -1.68. The lowest BCUT2D eigenvalue weighted by atomic mass is 9.85. The molecular weight excluding hydrogens is 266 g/mol. The van der Waals surface area contributed by atoms with E-state index in [0.29, 0.717) is 6.42 Å². The second-order valence-electron chi connectivity index (χ2n) is 6.14. The van der Waals surface area contributed by atoms with E-state index in [9.17, 15) is 9.59 Å². The van der Waals surface area contributed by atoms with Crippen molar-refractivity contribution in [1.82, 2.24) is 5.32 Å². The molecule has 4 nitrogen and oxygen atoms in total. The summed E-state index contributed by atoms with van der Waals surface area (Å²) >= 11 is 0. The predicted octanol–water partition coefficient (Wildman–Crippen LogP) is 2.71. The molecule has 1 rings (SSSR count). The molecular formula is C17H25NO3. The molecule has 1 atom stereocenters. The van der Waals surface area contributed by atoms with Crippen molar-refractivity contribution in [2.24, 2.45) is 5.41 Å². The van der Waals surface area contributed by atoms with E-state index in [0.717, 1.165) is 5.56 Å². The van der Waals surface area contributed by atoms with Crippen LogP contribution in [0.15, 0.2) is 30.3 Å². The van der Waals surface area contributed by atoms with E-state index in [1.807, 2.05) is 51.1 Å². The third-order valence-electron chi connectivity index (χ3n) is 3.28. The fourth-order valence-corrected chi connectivity index (χ4v) is 2.00. The van der Waals surface area contributed by atoms with Gasteiger partial charge in [0.2, 0.25) is 0 Å². The normalized spacial score (nSPS) is 12.8. The summed E-state index contributed by atoms with van der Waals surface area (Å²) in [6.07, 6.45) is 0.695. The second kappa shape index (κ2) is 7.93. The maximum atomic E-state index is 12.2. The maximum absolute atomic E-state index is 12.2. The Labute approximate surface area is 126 Å². The van der Waals surface area contributed by atoms with Crippen molar-refractivity contribution < 1.29 is 14.3 Å². The van der Waals surface area contributed by atoms with Gasteiger partial charge in [-0.15, -0.1) is 0 Å². The van der Waals surface area contributed by atoms with Gasteiger partial charge in [-0.2, -0.15) is 0 Å². The Morgan fingerprint density at radius 2 is 1.81 bits per heavy atom. The van der Waals surface area contributed by atoms with Crippen LogP contribution in [0.1, 0.15) is 39.2 Å². The summed E-state index contributed by atoms with van der Waals surface area (Å²) < 4.78 is 5.21. The van der Waals surface area contributed by atoms with Crippen LogP contribution < -0.4 is 5.32 Å². The van der Waals surface area contributed by atoms with Crippen molar-refractivity contribution in [3.63, 3.8) is 0 Å². The van der Waals surface area contributed by atoms with Crippen molar-refractivity contribution in [2.45, 2.75) is 46.3 Å². The van der Waals surface area contributed by atoms with Crippen LogP contribution in [-0.2, 0) is 20.9 Å². The summed E-state index contributed by atoms with van der Waals surface area (Å²) in [7, 11) is 1.74. The molecule has 0 bridgehead atoms. The SMILES string of the molecule is CNC(CCC(=O)OCc1ccccc1)C(=O)C(C)(C)C. The molecule has 0 fully saturated rings. The number of hydrogen-bond donors (Lipinski definition) is 1. The lowest BCUT2D eigenvalue weighted by Gasteiger charge is -2.24. The van der Waals surface area contributed by atoms with E-state index in [1.54, 1.807) is 7.05 Å². The molecule has 1 unspecified atom stereocenters. The zero-order valence-electron chi connectivity index (χ0n) is 13.3. The molecule has 0 heterocycles. The molecule has 0 radical (unpaired) electrons. The van der Waals surface area contributed by atoms with Gasteiger partial charge in [-0.05, 0) is 19.0 Å². The molecule has 0 aromatic heterocycles. The van der Waals surface area contributed by atoms with E-state index < -0.39 is 5.41 Å². The summed E-state index contributed by atoms with van der Waals surface area (Å²) in [5, 5.41) is 2.98. The highest BCUT2D eigenvalue weighted by Crippen LogP contribution is 2.19. The van der Waals surface area contributed by atoms with Gasteiger partial charge in [0.15, 0.2) is 5.78 Å². The van der Waals surface area contributed by atoms with Crippen molar-refractivity contribution in [3.05, 3.63) is 35.9 Å². The molecule has 0 spiro atoms. The number of hydrogen-bond acceptors (Lipinski definition) is 4. The zero-order chi connectivity index (χ0) is 15.9. The molecule has 0 aliphatic rings. The maximum Gasteiger partial charge on any atom is 0.306 e. The molecule has 1 aromatic carbocycles. The number of carbonyl (C=O) groups is 2. The first kappa shape index (κ1) is 17.4. The molecule has 21 heavy (non-hydrogen) atoms. The van der Waals surface area contributed by atoms with Crippen molar-refractivity contribution in [2.75, 3.05) is 7.05 Å². The van der Waals surface area contributed by atoms with Gasteiger partial charge in [-0.25, -0.2) is 0 Å². The van der Waals surface area contributed by atoms with E-state index in [1.165, 1.54) is 0 Å². The quantitative estimate of drug-likeness (QED) is 0.785. The average molecular weight is 291 g/mol. The number of ketones is 1. The Morgan fingerprint density at radius 1 is 1.19 bits per heavy atom. The van der Waals surface area contributed by atoms with E-state index in [2.05, 4.69) is 5.32 Å². The van der Waals surface area contributed by atoms with Crippen LogP contribution in [0.5, 0.6) is 0 Å². The van der Waals surface area contributed by atoms with Gasteiger partial charge < -0.3 is 10.1 Å². The smallest absolute Gasteiger partial charge is 0.306 e. The van der Waals surface area contributed by atoms with Gasteiger partial charge >= 0.3 is 5.97 Å². The summed E-state index contributed by atoms with van der Waals surface area (Å²) in [5.41, 5.74) is 0.545. The van der Waals surface area contributed by atoms with Gasteiger partial charge in [0.1, 0.15) is 6.61 Å². The third kappa shape index (κ3) is 6.08. The number of ether oxygens (including phenoxy) is 1. The highest BCUT2D eigenvalue weighted by atomic mass is 16.5. The predicted molar refractivity (Wildman–Crippen MR) is 82.8 cm³/mol. The molecule has 0 saturated carbocycles. The number of carbonyl (C=O) groups excluding carboxylic acids is 2. The average Bonchev–Trinajstić information content (AvgIpc) is 2.45. The minimum atomic E-state index is -0.415. The summed E-state index contributed by atoms with van der Waals surface area (Å²) in [6, 6.07) is 9.24. The number of benzene rings is 1. The Bertz CT molecular complexity index is 463. The number of esters is 1. The van der Waals surface area contributed by atoms with Gasteiger partial charge in [-0.3, -0.25) is 9.59 Å². The summed E-state index contributed by atoms with van der Waals surface area (Å²) in [5.74, 6) is -0.165. The standard InChI is InChI=1S/C17H25NO3/c1-17(2,3)16(20)14(18-4)10-11-15(19)21-12-13-8-6-5-7-9-13/h5-9,14,18H,10-12H2,1-4H3. The molecule has 0 aliphatic heterocycles. The number of nitrogens with one attached hydrogen (secondary N) is 1. The first-order valence-electron chi connectivity index (χ1n) is 7.25. The summed E-state index contributed by atoms with van der Waals surface area (Å²) in [6.45, 7) is 5.92. The Kier molecular flexibility index (Phi) is 6.56. The topological polar surface area (TPSA) is 55.4 Å². The van der Waals surface area contributed by atoms with Crippen molar-refractivity contribution >= 4 is 11.8 Å². The van der Waals surface area contributed by atoms with Crippen LogP contribution >= 0.6 is 0 Å². The minimum Gasteiger partial charge on any atom is -0.461 e. The van der Waals surface area contributed by atoms with Crippen LogP contribution in [-0.4, -0.2) is 24.8 Å². The Morgan fingerprint density at radius 3 is 2.33 bits per heavy atom. The lowest BCUT2D eigenvalue weighted by Crippen LogP contribution is -2.41. The van der Waals surface area contributed by atoms with Crippen LogP contribution in [0.3, 0.4) is 0 Å². The van der Waals surface area contributed by atoms with E-state index in [4.69, 9.17) is 4.74 Å². The molecule has 1 N–H and O–H groups in total. The van der Waals surface area contributed by atoms with Crippen LogP contribution in [0, 0.1) is 5.41 Å². The third-order valence-corrected chi connectivity index (χ3v) is 3.28. The molecule has 0 saturated heterocycles. The molecule has 0 aliphatic carbocycles. The summed E-state index contributed by atoms with van der Waals surface area (Å²) in [4.78, 5) is 23.9. The van der Waals surface area contributed by atoms with Crippen LogP contribution in [0.2, 0.25) is 0 Å². The minimum absolute atomic E-state index is 0.112.